The van der Waals surface area contributed by atoms with Gasteiger partial charge < -0.3 is 9.88 Å². The van der Waals surface area contributed by atoms with Gasteiger partial charge in [0, 0.05) is 24.5 Å². The van der Waals surface area contributed by atoms with Crippen molar-refractivity contribution in [1.29, 1.82) is 0 Å². The second-order valence-corrected chi connectivity index (χ2v) is 3.97. The molecular weight excluding hydrogens is 200 g/mol. The van der Waals surface area contributed by atoms with E-state index in [1.54, 1.807) is 0 Å². The molecule has 0 spiro atoms. The molecular formula is C13H24N2O. The van der Waals surface area contributed by atoms with Crippen LogP contribution in [-0.4, -0.2) is 16.5 Å². The van der Waals surface area contributed by atoms with Crippen molar-refractivity contribution in [2.45, 2.75) is 47.6 Å². The third-order valence-electron chi connectivity index (χ3n) is 2.44. The zero-order valence-electron chi connectivity index (χ0n) is 11.5. The molecule has 3 nitrogen and oxygen atoms in total. The number of hydrogen-bond acceptors (Lipinski definition) is 1. The van der Waals surface area contributed by atoms with Crippen molar-refractivity contribution in [2.75, 3.05) is 0 Å². The van der Waals surface area contributed by atoms with Crippen LogP contribution in [0.25, 0.3) is 0 Å². The summed E-state index contributed by atoms with van der Waals surface area (Å²) in [6, 6.07) is 2.11. The fourth-order valence-corrected chi connectivity index (χ4v) is 1.43. The first-order valence-electron chi connectivity index (χ1n) is 5.87. The van der Waals surface area contributed by atoms with Crippen molar-refractivity contribution in [1.82, 2.24) is 9.88 Å². The normalized spacial score (nSPS) is 9.75. The maximum Gasteiger partial charge on any atom is 0.253 e. The molecule has 0 aliphatic carbocycles. The fourth-order valence-electron chi connectivity index (χ4n) is 1.43. The predicted octanol–water partition coefficient (Wildman–Crippen LogP) is 2.81. The van der Waals surface area contributed by atoms with Crippen molar-refractivity contribution >= 4 is 5.91 Å². The third-order valence-corrected chi connectivity index (χ3v) is 2.44. The highest BCUT2D eigenvalue weighted by molar-refractivity contribution is 5.95. The molecule has 3 heteroatoms. The van der Waals surface area contributed by atoms with Crippen LogP contribution in [0.3, 0.4) is 0 Å². The maximum atomic E-state index is 11.7. The Kier molecular flexibility index (Phi) is 5.86. The van der Waals surface area contributed by atoms with Gasteiger partial charge in [-0.25, -0.2) is 0 Å². The van der Waals surface area contributed by atoms with Gasteiger partial charge in [-0.2, -0.15) is 0 Å². The van der Waals surface area contributed by atoms with E-state index in [1.165, 1.54) is 0 Å². The number of carbonyl (C=O) groups is 1. The molecule has 1 amide bonds. The van der Waals surface area contributed by atoms with E-state index in [4.69, 9.17) is 0 Å². The molecule has 16 heavy (non-hydrogen) atoms. The van der Waals surface area contributed by atoms with Crippen molar-refractivity contribution in [3.05, 3.63) is 23.0 Å². The highest BCUT2D eigenvalue weighted by Crippen LogP contribution is 2.12. The lowest BCUT2D eigenvalue weighted by Crippen LogP contribution is -2.30. The van der Waals surface area contributed by atoms with Gasteiger partial charge >= 0.3 is 0 Å². The number of aryl methyl sites for hydroxylation is 1. The van der Waals surface area contributed by atoms with Gasteiger partial charge in [0.05, 0.1) is 5.56 Å². The molecule has 0 saturated heterocycles. The van der Waals surface area contributed by atoms with Crippen LogP contribution in [0, 0.1) is 13.8 Å². The number of carbonyl (C=O) groups excluding carboxylic acids is 1. The first-order chi connectivity index (χ1) is 7.43. The van der Waals surface area contributed by atoms with Gasteiger partial charge in [0.2, 0.25) is 0 Å². The molecule has 92 valence electrons. The van der Waals surface area contributed by atoms with Crippen LogP contribution in [0.5, 0.6) is 0 Å². The molecule has 1 aromatic rings. The van der Waals surface area contributed by atoms with Gasteiger partial charge in [-0.15, -0.1) is 0 Å². The van der Waals surface area contributed by atoms with E-state index in [0.29, 0.717) is 0 Å². The summed E-state index contributed by atoms with van der Waals surface area (Å²) in [7, 11) is 1.97. The molecule has 1 aromatic heterocycles. The van der Waals surface area contributed by atoms with Crippen LogP contribution in [0.15, 0.2) is 6.07 Å². The second-order valence-electron chi connectivity index (χ2n) is 3.97. The fraction of sp³-hybridized carbons (Fsp3) is 0.615. The molecule has 1 rings (SSSR count). The Hall–Kier alpha value is -1.25. The van der Waals surface area contributed by atoms with E-state index < -0.39 is 0 Å². The summed E-state index contributed by atoms with van der Waals surface area (Å²) in [5.74, 6) is 0.0150. The average Bonchev–Trinajstić information content (AvgIpc) is 2.48. The highest BCUT2D eigenvalue weighted by atomic mass is 16.1. The first kappa shape index (κ1) is 14.8. The molecule has 0 unspecified atom stereocenters. The smallest absolute Gasteiger partial charge is 0.253 e. The molecule has 0 radical (unpaired) electrons. The van der Waals surface area contributed by atoms with Gasteiger partial charge in [-0.3, -0.25) is 4.79 Å². The average molecular weight is 224 g/mol. The van der Waals surface area contributed by atoms with E-state index in [1.807, 2.05) is 59.2 Å². The summed E-state index contributed by atoms with van der Waals surface area (Å²) in [6.45, 7) is 11.9. The minimum absolute atomic E-state index is 0.0150. The number of nitrogens with zero attached hydrogens (tertiary/aromatic N) is 1. The SMILES string of the molecule is CC.Cc1cc(C(=O)NC(C)C)c(C)n1C. The van der Waals surface area contributed by atoms with Crippen LogP contribution in [0.4, 0.5) is 0 Å². The van der Waals surface area contributed by atoms with Crippen LogP contribution >= 0.6 is 0 Å². The lowest BCUT2D eigenvalue weighted by Gasteiger charge is -2.07. The molecule has 0 fully saturated rings. The van der Waals surface area contributed by atoms with E-state index in [0.717, 1.165) is 17.0 Å². The van der Waals surface area contributed by atoms with Gasteiger partial charge in [0.1, 0.15) is 0 Å². The summed E-state index contributed by atoms with van der Waals surface area (Å²) in [5.41, 5.74) is 2.90. The summed E-state index contributed by atoms with van der Waals surface area (Å²) in [6.07, 6.45) is 0. The van der Waals surface area contributed by atoms with E-state index >= 15 is 0 Å². The number of aromatic nitrogens is 1. The number of rotatable bonds is 2. The van der Waals surface area contributed by atoms with Crippen LogP contribution in [0.1, 0.15) is 49.4 Å². The number of amides is 1. The Morgan fingerprint density at radius 2 is 1.81 bits per heavy atom. The third kappa shape index (κ3) is 3.40. The van der Waals surface area contributed by atoms with Crippen molar-refractivity contribution < 1.29 is 4.79 Å². The second kappa shape index (κ2) is 6.36. The summed E-state index contributed by atoms with van der Waals surface area (Å²) >= 11 is 0. The van der Waals surface area contributed by atoms with Gasteiger partial charge in [-0.05, 0) is 33.8 Å². The van der Waals surface area contributed by atoms with Gasteiger partial charge in [0.25, 0.3) is 5.91 Å². The summed E-state index contributed by atoms with van der Waals surface area (Å²) in [5, 5.41) is 2.89. The standard InChI is InChI=1S/C11H18N2O.C2H6/c1-7(2)12-11(14)10-6-8(3)13(5)9(10)4;1-2/h6-7H,1-5H3,(H,12,14);1-2H3. The summed E-state index contributed by atoms with van der Waals surface area (Å²) in [4.78, 5) is 11.7. The minimum atomic E-state index is 0.0150. The largest absolute Gasteiger partial charge is 0.351 e. The molecule has 0 aromatic carbocycles. The molecule has 0 aliphatic heterocycles. The Morgan fingerprint density at radius 1 is 1.31 bits per heavy atom. The van der Waals surface area contributed by atoms with Crippen LogP contribution in [-0.2, 0) is 7.05 Å². The first-order valence-corrected chi connectivity index (χ1v) is 5.87. The Labute approximate surface area is 98.9 Å². The topological polar surface area (TPSA) is 34.0 Å². The van der Waals surface area contributed by atoms with Crippen molar-refractivity contribution in [3.8, 4) is 0 Å². The van der Waals surface area contributed by atoms with Crippen LogP contribution in [0.2, 0.25) is 0 Å². The molecule has 0 atom stereocenters. The minimum Gasteiger partial charge on any atom is -0.351 e. The van der Waals surface area contributed by atoms with E-state index in [-0.39, 0.29) is 11.9 Å². The van der Waals surface area contributed by atoms with Gasteiger partial charge in [0.15, 0.2) is 0 Å². The highest BCUT2D eigenvalue weighted by Gasteiger charge is 2.13. The van der Waals surface area contributed by atoms with Crippen molar-refractivity contribution in [3.63, 3.8) is 0 Å². The number of hydrogen-bond donors (Lipinski definition) is 1. The van der Waals surface area contributed by atoms with E-state index in [2.05, 4.69) is 5.32 Å². The lowest BCUT2D eigenvalue weighted by atomic mass is 10.2. The number of nitrogens with one attached hydrogen (secondary N) is 1. The molecule has 1 heterocycles. The Bertz CT molecular complexity index is 351. The predicted molar refractivity (Wildman–Crippen MR) is 68.8 cm³/mol. The zero-order chi connectivity index (χ0) is 12.9. The maximum absolute atomic E-state index is 11.7. The molecule has 0 aliphatic rings. The Balaban J connectivity index is 0.00000106. The Morgan fingerprint density at radius 3 is 2.12 bits per heavy atom. The summed E-state index contributed by atoms with van der Waals surface area (Å²) < 4.78 is 2.02. The molecule has 0 bridgehead atoms. The quantitative estimate of drug-likeness (QED) is 0.823. The molecule has 0 saturated carbocycles. The van der Waals surface area contributed by atoms with Gasteiger partial charge in [-0.1, -0.05) is 13.8 Å². The monoisotopic (exact) mass is 224 g/mol. The van der Waals surface area contributed by atoms with E-state index in [9.17, 15) is 4.79 Å². The lowest BCUT2D eigenvalue weighted by molar-refractivity contribution is 0.0942. The molecule has 1 N–H and O–H groups in total. The zero-order valence-corrected chi connectivity index (χ0v) is 11.5. The van der Waals surface area contributed by atoms with Crippen LogP contribution < -0.4 is 5.32 Å². The van der Waals surface area contributed by atoms with Crippen molar-refractivity contribution in [2.24, 2.45) is 7.05 Å².